The number of thiazole rings is 1. The summed E-state index contributed by atoms with van der Waals surface area (Å²) in [4.78, 5) is 31.8. The molecule has 7 heteroatoms. The van der Waals surface area contributed by atoms with Crippen molar-refractivity contribution in [2.24, 2.45) is 0 Å². The number of rotatable bonds is 3. The van der Waals surface area contributed by atoms with Crippen LogP contribution >= 0.6 is 22.9 Å². The van der Waals surface area contributed by atoms with Crippen molar-refractivity contribution in [2.45, 2.75) is 31.3 Å². The summed E-state index contributed by atoms with van der Waals surface area (Å²) >= 11 is 7.43. The lowest BCUT2D eigenvalue weighted by Crippen LogP contribution is -2.51. The molecule has 5 nitrogen and oxygen atoms in total. The van der Waals surface area contributed by atoms with E-state index in [4.69, 9.17) is 11.6 Å². The van der Waals surface area contributed by atoms with Crippen LogP contribution in [0.25, 0.3) is 10.6 Å². The standard InChI is InChI=1S/C22H18ClN3O2S/c23-17-7-5-15(6-8-17)19-24-18(13-29-19)12-26-20(27)22(25-21(26)28)10-9-14-3-1-2-4-16(14)11-22/h1-8,13H,9-12H2,(H,25,28). The van der Waals surface area contributed by atoms with Gasteiger partial charge in [0.15, 0.2) is 0 Å². The van der Waals surface area contributed by atoms with Gasteiger partial charge in [-0.25, -0.2) is 9.78 Å². The Morgan fingerprint density at radius 3 is 2.66 bits per heavy atom. The van der Waals surface area contributed by atoms with Gasteiger partial charge in [-0.15, -0.1) is 11.3 Å². The van der Waals surface area contributed by atoms with Crippen molar-refractivity contribution in [2.75, 3.05) is 0 Å². The molecular formula is C22H18ClN3O2S. The van der Waals surface area contributed by atoms with E-state index in [0.29, 0.717) is 23.6 Å². The molecule has 1 fully saturated rings. The number of nitrogens with one attached hydrogen (secondary N) is 1. The van der Waals surface area contributed by atoms with Crippen LogP contribution in [-0.4, -0.2) is 27.4 Å². The summed E-state index contributed by atoms with van der Waals surface area (Å²) < 4.78 is 0. The molecule has 1 spiro atoms. The van der Waals surface area contributed by atoms with Crippen LogP contribution in [0.4, 0.5) is 4.79 Å². The number of amides is 3. The van der Waals surface area contributed by atoms with Gasteiger partial charge in [0.2, 0.25) is 0 Å². The van der Waals surface area contributed by atoms with E-state index in [1.807, 2.05) is 47.8 Å². The number of urea groups is 1. The highest BCUT2D eigenvalue weighted by molar-refractivity contribution is 7.13. The molecule has 1 aliphatic heterocycles. The molecule has 1 unspecified atom stereocenters. The molecule has 0 radical (unpaired) electrons. The fraction of sp³-hybridized carbons (Fsp3) is 0.227. The minimum absolute atomic E-state index is 0.155. The van der Waals surface area contributed by atoms with Crippen LogP contribution in [0.15, 0.2) is 53.9 Å². The number of halogens is 1. The Labute approximate surface area is 177 Å². The normalized spacial score (nSPS) is 20.8. The number of carbonyl (C=O) groups is 2. The van der Waals surface area contributed by atoms with E-state index in [9.17, 15) is 9.59 Å². The van der Waals surface area contributed by atoms with Crippen molar-refractivity contribution in [3.63, 3.8) is 0 Å². The Balaban J connectivity index is 1.36. The van der Waals surface area contributed by atoms with Crippen LogP contribution in [0.5, 0.6) is 0 Å². The summed E-state index contributed by atoms with van der Waals surface area (Å²) in [6.45, 7) is 0.179. The van der Waals surface area contributed by atoms with Gasteiger partial charge in [0.25, 0.3) is 5.91 Å². The molecule has 146 valence electrons. The van der Waals surface area contributed by atoms with Crippen molar-refractivity contribution in [3.8, 4) is 10.6 Å². The monoisotopic (exact) mass is 423 g/mol. The third-order valence-electron chi connectivity index (χ3n) is 5.64. The van der Waals surface area contributed by atoms with E-state index in [1.54, 1.807) is 0 Å². The first-order valence-corrected chi connectivity index (χ1v) is 10.7. The van der Waals surface area contributed by atoms with Gasteiger partial charge in [0.1, 0.15) is 10.5 Å². The van der Waals surface area contributed by atoms with Crippen LogP contribution in [-0.2, 0) is 24.2 Å². The molecule has 3 aromatic rings. The number of imide groups is 1. The Morgan fingerprint density at radius 2 is 1.86 bits per heavy atom. The zero-order valence-electron chi connectivity index (χ0n) is 15.5. The summed E-state index contributed by atoms with van der Waals surface area (Å²) in [6.07, 6.45) is 1.95. The molecule has 5 rings (SSSR count). The van der Waals surface area contributed by atoms with Gasteiger partial charge in [0, 0.05) is 22.4 Å². The van der Waals surface area contributed by atoms with Gasteiger partial charge in [-0.2, -0.15) is 0 Å². The van der Waals surface area contributed by atoms with Gasteiger partial charge >= 0.3 is 6.03 Å². The second kappa shape index (κ2) is 6.97. The third kappa shape index (κ3) is 3.22. The van der Waals surface area contributed by atoms with Crippen molar-refractivity contribution >= 4 is 34.9 Å². The molecule has 0 saturated carbocycles. The zero-order valence-corrected chi connectivity index (χ0v) is 17.1. The SMILES string of the molecule is O=C1NC2(CCc3ccccc3C2)C(=O)N1Cc1csc(-c2ccc(Cl)cc2)n1. The molecule has 2 aromatic carbocycles. The molecule has 2 aliphatic rings. The second-order valence-electron chi connectivity index (χ2n) is 7.50. The minimum Gasteiger partial charge on any atom is -0.323 e. The first-order chi connectivity index (χ1) is 14.0. The summed E-state index contributed by atoms with van der Waals surface area (Å²) in [5, 5.41) is 6.38. The molecule has 1 N–H and O–H groups in total. The zero-order chi connectivity index (χ0) is 20.0. The van der Waals surface area contributed by atoms with E-state index in [1.165, 1.54) is 21.8 Å². The predicted octanol–water partition coefficient (Wildman–Crippen LogP) is 4.44. The fourth-order valence-electron chi connectivity index (χ4n) is 4.11. The Bertz CT molecular complexity index is 1110. The van der Waals surface area contributed by atoms with Gasteiger partial charge < -0.3 is 5.32 Å². The van der Waals surface area contributed by atoms with Gasteiger partial charge in [-0.1, -0.05) is 48.0 Å². The second-order valence-corrected chi connectivity index (χ2v) is 8.79. The van der Waals surface area contributed by atoms with Crippen LogP contribution in [0.1, 0.15) is 23.2 Å². The average molecular weight is 424 g/mol. The van der Waals surface area contributed by atoms with E-state index < -0.39 is 5.54 Å². The van der Waals surface area contributed by atoms with Crippen molar-refractivity contribution in [1.29, 1.82) is 0 Å². The predicted molar refractivity (Wildman–Crippen MR) is 113 cm³/mol. The Kier molecular flexibility index (Phi) is 4.41. The van der Waals surface area contributed by atoms with E-state index in [0.717, 1.165) is 22.6 Å². The number of carbonyl (C=O) groups excluding carboxylic acids is 2. The molecule has 1 aliphatic carbocycles. The number of aromatic nitrogens is 1. The van der Waals surface area contributed by atoms with E-state index in [-0.39, 0.29) is 18.5 Å². The van der Waals surface area contributed by atoms with Gasteiger partial charge in [-0.3, -0.25) is 9.69 Å². The summed E-state index contributed by atoms with van der Waals surface area (Å²) in [5.41, 5.74) is 3.22. The molecule has 1 saturated heterocycles. The van der Waals surface area contributed by atoms with Crippen molar-refractivity contribution < 1.29 is 9.59 Å². The van der Waals surface area contributed by atoms with Crippen LogP contribution in [0.3, 0.4) is 0 Å². The number of hydrogen-bond acceptors (Lipinski definition) is 4. The average Bonchev–Trinajstić information content (AvgIpc) is 3.28. The Morgan fingerprint density at radius 1 is 1.10 bits per heavy atom. The highest BCUT2D eigenvalue weighted by Gasteiger charge is 2.52. The van der Waals surface area contributed by atoms with Crippen LogP contribution < -0.4 is 5.32 Å². The molecule has 2 heterocycles. The molecule has 29 heavy (non-hydrogen) atoms. The van der Waals surface area contributed by atoms with Crippen molar-refractivity contribution in [1.82, 2.24) is 15.2 Å². The summed E-state index contributed by atoms with van der Waals surface area (Å²) in [6, 6.07) is 15.2. The Hall–Kier alpha value is -2.70. The number of benzene rings is 2. The summed E-state index contributed by atoms with van der Waals surface area (Å²) in [5.74, 6) is -0.155. The lowest BCUT2D eigenvalue weighted by molar-refractivity contribution is -0.132. The van der Waals surface area contributed by atoms with Gasteiger partial charge in [-0.05, 0) is 36.1 Å². The number of fused-ring (bicyclic) bond motifs is 1. The maximum Gasteiger partial charge on any atom is 0.325 e. The van der Waals surface area contributed by atoms with Gasteiger partial charge in [0.05, 0.1) is 12.2 Å². The molecule has 1 aromatic heterocycles. The lowest BCUT2D eigenvalue weighted by atomic mass is 9.78. The number of nitrogens with zero attached hydrogens (tertiary/aromatic N) is 2. The van der Waals surface area contributed by atoms with E-state index in [2.05, 4.69) is 16.4 Å². The first-order valence-electron chi connectivity index (χ1n) is 9.45. The maximum atomic E-state index is 13.2. The molecule has 0 bridgehead atoms. The topological polar surface area (TPSA) is 62.3 Å². The fourth-order valence-corrected chi connectivity index (χ4v) is 5.05. The largest absolute Gasteiger partial charge is 0.325 e. The highest BCUT2D eigenvalue weighted by atomic mass is 35.5. The van der Waals surface area contributed by atoms with Crippen LogP contribution in [0.2, 0.25) is 5.02 Å². The maximum absolute atomic E-state index is 13.2. The summed E-state index contributed by atoms with van der Waals surface area (Å²) in [7, 11) is 0. The van der Waals surface area contributed by atoms with Crippen molar-refractivity contribution in [3.05, 3.63) is 75.8 Å². The molecule has 1 atom stereocenters. The smallest absolute Gasteiger partial charge is 0.323 e. The molecular weight excluding hydrogens is 406 g/mol. The molecule has 3 amide bonds. The first kappa shape index (κ1) is 18.3. The lowest BCUT2D eigenvalue weighted by Gasteiger charge is -2.32. The van der Waals surface area contributed by atoms with E-state index >= 15 is 0 Å². The minimum atomic E-state index is -0.833. The number of aryl methyl sites for hydroxylation is 1. The van der Waals surface area contributed by atoms with Crippen LogP contribution in [0, 0.1) is 0 Å². The quantitative estimate of drug-likeness (QED) is 0.633. The third-order valence-corrected chi connectivity index (χ3v) is 6.83. The number of hydrogen-bond donors (Lipinski definition) is 1. The highest BCUT2D eigenvalue weighted by Crippen LogP contribution is 2.34.